The summed E-state index contributed by atoms with van der Waals surface area (Å²) >= 11 is 1.50. The summed E-state index contributed by atoms with van der Waals surface area (Å²) in [6.07, 6.45) is 2.99. The summed E-state index contributed by atoms with van der Waals surface area (Å²) in [5.74, 6) is 0.786. The molecule has 2 amide bonds. The molecule has 270 valence electrons. The highest BCUT2D eigenvalue weighted by atomic mass is 32.2. The van der Waals surface area contributed by atoms with Crippen molar-refractivity contribution < 1.29 is 33.8 Å². The highest BCUT2D eigenvalue weighted by molar-refractivity contribution is 7.99. The molecule has 6 rings (SSSR count). The first kappa shape index (κ1) is 37.0. The Morgan fingerprint density at radius 1 is 0.769 bits per heavy atom. The summed E-state index contributed by atoms with van der Waals surface area (Å²) in [6, 6.07) is 35.3. The van der Waals surface area contributed by atoms with E-state index in [1.807, 2.05) is 109 Å². The number of nitrogens with one attached hydrogen (secondary N) is 2. The number of thioether (sulfide) groups is 1. The number of rotatable bonds is 16. The summed E-state index contributed by atoms with van der Waals surface area (Å²) in [6.45, 7) is -0.0369. The minimum atomic E-state index is -0.695. The zero-order valence-electron chi connectivity index (χ0n) is 28.8. The zero-order valence-corrected chi connectivity index (χ0v) is 29.6. The van der Waals surface area contributed by atoms with E-state index in [0.29, 0.717) is 48.1 Å². The molecule has 5 aromatic rings. The van der Waals surface area contributed by atoms with Crippen molar-refractivity contribution in [2.45, 2.75) is 75.3 Å². The Morgan fingerprint density at radius 3 is 2.15 bits per heavy atom. The number of ether oxygens (including phenoxy) is 2. The van der Waals surface area contributed by atoms with Crippen molar-refractivity contribution in [1.29, 1.82) is 0 Å². The van der Waals surface area contributed by atoms with Crippen LogP contribution in [0.5, 0.6) is 0 Å². The molecule has 4 N–H and O–H groups in total. The number of carbonyl (C=O) groups excluding carboxylic acids is 2. The molecule has 2 heterocycles. The van der Waals surface area contributed by atoms with Gasteiger partial charge in [-0.1, -0.05) is 122 Å². The fourth-order valence-corrected chi connectivity index (χ4v) is 6.93. The highest BCUT2D eigenvalue weighted by Crippen LogP contribution is 2.41. The predicted octanol–water partition coefficient (Wildman–Crippen LogP) is 8.62. The Balaban J connectivity index is 1.15. The Labute approximate surface area is 307 Å². The van der Waals surface area contributed by atoms with Gasteiger partial charge in [0.1, 0.15) is 5.69 Å². The lowest BCUT2D eigenvalue weighted by atomic mass is 10.0. The summed E-state index contributed by atoms with van der Waals surface area (Å²) in [7, 11) is 0. The number of aliphatic hydroxyl groups excluding tert-OH is 1. The van der Waals surface area contributed by atoms with Crippen LogP contribution < -0.4 is 10.8 Å². The van der Waals surface area contributed by atoms with Crippen molar-refractivity contribution in [2.24, 2.45) is 0 Å². The average Bonchev–Trinajstić information content (AvgIpc) is 3.63. The van der Waals surface area contributed by atoms with Crippen molar-refractivity contribution in [2.75, 3.05) is 11.1 Å². The van der Waals surface area contributed by atoms with E-state index in [0.717, 1.165) is 46.4 Å². The molecule has 11 heteroatoms. The topological polar surface area (TPSA) is 143 Å². The minimum Gasteiger partial charge on any atom is -0.431 e. The van der Waals surface area contributed by atoms with Crippen LogP contribution in [0.1, 0.15) is 74.0 Å². The highest BCUT2D eigenvalue weighted by Gasteiger charge is 2.33. The number of oxazole rings is 1. The first-order valence-electron chi connectivity index (χ1n) is 17.6. The number of hydrogen-bond acceptors (Lipinski definition) is 9. The van der Waals surface area contributed by atoms with E-state index < -0.39 is 12.2 Å². The molecule has 0 spiro atoms. The molecule has 0 bridgehead atoms. The number of nitrogens with zero attached hydrogens (tertiary/aromatic N) is 1. The molecule has 1 aliphatic rings. The molecule has 10 nitrogen and oxygen atoms in total. The maximum absolute atomic E-state index is 12.7. The molecular weight excluding hydrogens is 679 g/mol. The van der Waals surface area contributed by atoms with Gasteiger partial charge in [-0.2, -0.15) is 0 Å². The van der Waals surface area contributed by atoms with E-state index in [1.54, 1.807) is 5.48 Å². The molecular formula is C41H43N3O7S. The van der Waals surface area contributed by atoms with Gasteiger partial charge in [-0.3, -0.25) is 14.8 Å². The number of amides is 2. The van der Waals surface area contributed by atoms with Crippen molar-refractivity contribution in [3.63, 3.8) is 0 Å². The van der Waals surface area contributed by atoms with Gasteiger partial charge < -0.3 is 24.3 Å². The van der Waals surface area contributed by atoms with E-state index in [1.165, 1.54) is 11.8 Å². The monoisotopic (exact) mass is 721 g/mol. The van der Waals surface area contributed by atoms with E-state index >= 15 is 0 Å². The number of unbranched alkanes of at least 4 members (excludes halogenated alkanes) is 3. The van der Waals surface area contributed by atoms with Crippen LogP contribution in [-0.2, 0) is 25.7 Å². The second kappa shape index (κ2) is 18.6. The SMILES string of the molecule is O=C(CCCCCCC(=O)Nc1cccc(C2OC(CSc3nc(-c4ccccc4)c(-c4ccccc4)o3)CC(c3ccc(CO)cc3)O2)c1)NO. The number of aromatic nitrogens is 1. The quantitative estimate of drug-likeness (QED) is 0.0341. The van der Waals surface area contributed by atoms with Crippen LogP contribution >= 0.6 is 11.8 Å². The molecule has 0 radical (unpaired) electrons. The van der Waals surface area contributed by atoms with Gasteiger partial charge in [-0.25, -0.2) is 10.5 Å². The fraction of sp³-hybridized carbons (Fsp3) is 0.293. The third-order valence-electron chi connectivity index (χ3n) is 8.82. The van der Waals surface area contributed by atoms with Gasteiger partial charge in [0.05, 0.1) is 18.8 Å². The number of hydrogen-bond donors (Lipinski definition) is 4. The molecule has 1 saturated heterocycles. The Kier molecular flexibility index (Phi) is 13.3. The number of hydroxylamine groups is 1. The van der Waals surface area contributed by atoms with E-state index in [2.05, 4.69) is 5.32 Å². The average molecular weight is 722 g/mol. The lowest BCUT2D eigenvalue weighted by molar-refractivity contribution is -0.245. The largest absolute Gasteiger partial charge is 0.431 e. The van der Waals surface area contributed by atoms with Crippen molar-refractivity contribution >= 4 is 29.3 Å². The number of benzene rings is 4. The second-order valence-corrected chi connectivity index (χ2v) is 13.6. The van der Waals surface area contributed by atoms with Crippen LogP contribution in [0.3, 0.4) is 0 Å². The minimum absolute atomic E-state index is 0.0369. The first-order chi connectivity index (χ1) is 25.5. The van der Waals surface area contributed by atoms with Crippen LogP contribution in [0, 0.1) is 0 Å². The van der Waals surface area contributed by atoms with Crippen molar-refractivity contribution in [3.05, 3.63) is 126 Å². The van der Waals surface area contributed by atoms with Gasteiger partial charge in [0.25, 0.3) is 5.22 Å². The Bertz CT molecular complexity index is 1830. The number of carbonyl (C=O) groups is 2. The molecule has 4 aromatic carbocycles. The lowest BCUT2D eigenvalue weighted by Gasteiger charge is -2.36. The maximum Gasteiger partial charge on any atom is 0.256 e. The number of aliphatic hydroxyl groups is 1. The van der Waals surface area contributed by atoms with Gasteiger partial charge in [0.15, 0.2) is 12.1 Å². The van der Waals surface area contributed by atoms with Gasteiger partial charge in [0, 0.05) is 47.4 Å². The van der Waals surface area contributed by atoms with Crippen LogP contribution in [0.4, 0.5) is 5.69 Å². The molecule has 3 unspecified atom stereocenters. The molecule has 1 fully saturated rings. The first-order valence-corrected chi connectivity index (χ1v) is 18.6. The van der Waals surface area contributed by atoms with Crippen LogP contribution in [0.15, 0.2) is 119 Å². The predicted molar refractivity (Wildman–Crippen MR) is 199 cm³/mol. The van der Waals surface area contributed by atoms with Gasteiger partial charge in [-0.15, -0.1) is 0 Å². The van der Waals surface area contributed by atoms with E-state index in [9.17, 15) is 14.7 Å². The van der Waals surface area contributed by atoms with Crippen LogP contribution in [0.25, 0.3) is 22.6 Å². The maximum atomic E-state index is 12.7. The molecule has 0 aliphatic carbocycles. The lowest BCUT2D eigenvalue weighted by Crippen LogP contribution is -2.31. The Morgan fingerprint density at radius 2 is 1.46 bits per heavy atom. The van der Waals surface area contributed by atoms with Crippen molar-refractivity contribution in [1.82, 2.24) is 10.5 Å². The zero-order chi connectivity index (χ0) is 36.1. The third kappa shape index (κ3) is 10.2. The molecule has 52 heavy (non-hydrogen) atoms. The normalized spacial score (nSPS) is 17.1. The summed E-state index contributed by atoms with van der Waals surface area (Å²) in [5.41, 5.74) is 7.58. The van der Waals surface area contributed by atoms with Gasteiger partial charge in [-0.05, 0) is 36.1 Å². The van der Waals surface area contributed by atoms with Crippen LogP contribution in [0.2, 0.25) is 0 Å². The summed E-state index contributed by atoms with van der Waals surface area (Å²) < 4.78 is 19.5. The fourth-order valence-electron chi connectivity index (χ4n) is 6.09. The van der Waals surface area contributed by atoms with E-state index in [-0.39, 0.29) is 31.1 Å². The molecule has 3 atom stereocenters. The summed E-state index contributed by atoms with van der Waals surface area (Å²) in [5, 5.41) is 21.7. The standard InChI is InChI=1S/C41H43N3O7S/c45-26-28-20-22-29(23-21-28)35-25-34(27-52-41-43-38(30-12-5-3-6-13-30)39(51-41)31-14-7-4-8-15-31)49-40(50-35)32-16-11-17-33(24-32)42-36(46)18-9-1-2-10-19-37(47)44-48/h3-8,11-17,20-24,34-35,40,45,48H,1-2,9-10,18-19,25-27H2,(H,42,46)(H,44,47). The number of anilines is 1. The molecule has 0 saturated carbocycles. The molecule has 1 aliphatic heterocycles. The molecule has 1 aromatic heterocycles. The second-order valence-electron chi connectivity index (χ2n) is 12.7. The van der Waals surface area contributed by atoms with Crippen LogP contribution in [-0.4, -0.2) is 39.0 Å². The van der Waals surface area contributed by atoms with E-state index in [4.69, 9.17) is 24.1 Å². The Hall–Kier alpha value is -4.78. The van der Waals surface area contributed by atoms with Gasteiger partial charge in [0.2, 0.25) is 11.8 Å². The smallest absolute Gasteiger partial charge is 0.256 e. The third-order valence-corrected chi connectivity index (χ3v) is 9.78. The van der Waals surface area contributed by atoms with Crippen molar-refractivity contribution in [3.8, 4) is 22.6 Å². The van der Waals surface area contributed by atoms with Gasteiger partial charge >= 0.3 is 0 Å². The summed E-state index contributed by atoms with van der Waals surface area (Å²) in [4.78, 5) is 28.8.